The maximum Gasteiger partial charge on any atom is 0.191 e. The maximum absolute atomic E-state index is 4.80. The second-order valence-electron chi connectivity index (χ2n) is 8.41. The van der Waals surface area contributed by atoms with E-state index in [9.17, 15) is 0 Å². The summed E-state index contributed by atoms with van der Waals surface area (Å²) >= 11 is 0. The van der Waals surface area contributed by atoms with E-state index in [1.165, 1.54) is 57.9 Å². The summed E-state index contributed by atoms with van der Waals surface area (Å²) in [7, 11) is 2.00. The standard InChI is InChI=1S/C21H39N7/c1-4-28-14-8-12-19(28)15-23-21(22-13-7-11-18-9-5-6-10-18)24-16-20-26-25-17(2)27(20)3/h18-19H,4-16H2,1-3H3,(H2,22,23,24). The second kappa shape index (κ2) is 10.8. The molecule has 0 bridgehead atoms. The van der Waals surface area contributed by atoms with Gasteiger partial charge in [-0.3, -0.25) is 4.90 Å². The van der Waals surface area contributed by atoms with E-state index < -0.39 is 0 Å². The van der Waals surface area contributed by atoms with Gasteiger partial charge in [-0.15, -0.1) is 10.2 Å². The minimum absolute atomic E-state index is 0.553. The number of guanidine groups is 1. The molecule has 1 aliphatic heterocycles. The van der Waals surface area contributed by atoms with E-state index in [1.807, 2.05) is 18.5 Å². The maximum atomic E-state index is 4.80. The minimum Gasteiger partial charge on any atom is -0.356 e. The van der Waals surface area contributed by atoms with Crippen molar-refractivity contribution in [3.63, 3.8) is 0 Å². The zero-order valence-electron chi connectivity index (χ0n) is 18.1. The van der Waals surface area contributed by atoms with Crippen molar-refractivity contribution >= 4 is 5.96 Å². The van der Waals surface area contributed by atoms with Crippen molar-refractivity contribution in [1.29, 1.82) is 0 Å². The summed E-state index contributed by atoms with van der Waals surface area (Å²) in [6, 6.07) is 0.618. The zero-order valence-corrected chi connectivity index (χ0v) is 18.1. The molecule has 7 nitrogen and oxygen atoms in total. The van der Waals surface area contributed by atoms with Gasteiger partial charge in [0.25, 0.3) is 0 Å². The second-order valence-corrected chi connectivity index (χ2v) is 8.41. The molecule has 28 heavy (non-hydrogen) atoms. The van der Waals surface area contributed by atoms with E-state index in [1.54, 1.807) is 0 Å². The van der Waals surface area contributed by atoms with Gasteiger partial charge in [0.05, 0.1) is 0 Å². The predicted molar refractivity (Wildman–Crippen MR) is 114 cm³/mol. The van der Waals surface area contributed by atoms with Gasteiger partial charge in [0.1, 0.15) is 12.4 Å². The van der Waals surface area contributed by atoms with Crippen molar-refractivity contribution in [2.24, 2.45) is 18.0 Å². The molecule has 158 valence electrons. The summed E-state index contributed by atoms with van der Waals surface area (Å²) in [5.41, 5.74) is 0. The summed E-state index contributed by atoms with van der Waals surface area (Å²) in [5.74, 6) is 3.69. The largest absolute Gasteiger partial charge is 0.356 e. The molecule has 2 N–H and O–H groups in total. The van der Waals surface area contributed by atoms with Crippen LogP contribution in [0, 0.1) is 12.8 Å². The number of aliphatic imine (C=N–C) groups is 1. The van der Waals surface area contributed by atoms with Crippen LogP contribution in [-0.4, -0.2) is 57.8 Å². The number of hydrogen-bond acceptors (Lipinski definition) is 4. The molecule has 1 saturated carbocycles. The van der Waals surface area contributed by atoms with Crippen LogP contribution in [0.4, 0.5) is 0 Å². The normalized spacial score (nSPS) is 21.5. The van der Waals surface area contributed by atoms with Gasteiger partial charge in [0, 0.05) is 26.2 Å². The SMILES string of the molecule is CCN1CCCC1CNC(=NCc1nnc(C)n1C)NCCCC1CCCC1. The Labute approximate surface area is 170 Å². The molecule has 1 aliphatic carbocycles. The zero-order chi connectivity index (χ0) is 19.8. The number of rotatable bonds is 9. The van der Waals surface area contributed by atoms with Crippen LogP contribution in [0.1, 0.15) is 69.9 Å². The third-order valence-electron chi connectivity index (χ3n) is 6.53. The van der Waals surface area contributed by atoms with Gasteiger partial charge in [-0.2, -0.15) is 0 Å². The molecule has 0 radical (unpaired) electrons. The van der Waals surface area contributed by atoms with Crippen LogP contribution in [0.15, 0.2) is 4.99 Å². The number of aromatic nitrogens is 3. The summed E-state index contributed by atoms with van der Waals surface area (Å²) < 4.78 is 2.01. The molecule has 2 aliphatic rings. The van der Waals surface area contributed by atoms with Crippen molar-refractivity contribution in [3.05, 3.63) is 11.6 Å². The third-order valence-corrected chi connectivity index (χ3v) is 6.53. The Morgan fingerprint density at radius 2 is 1.96 bits per heavy atom. The first-order chi connectivity index (χ1) is 13.7. The van der Waals surface area contributed by atoms with Crippen LogP contribution in [-0.2, 0) is 13.6 Å². The van der Waals surface area contributed by atoms with Crippen LogP contribution >= 0.6 is 0 Å². The molecule has 0 aromatic carbocycles. The quantitative estimate of drug-likeness (QED) is 0.386. The van der Waals surface area contributed by atoms with E-state index in [0.717, 1.165) is 43.2 Å². The van der Waals surface area contributed by atoms with Gasteiger partial charge < -0.3 is 15.2 Å². The molecular formula is C21H39N7. The van der Waals surface area contributed by atoms with Crippen LogP contribution in [0.2, 0.25) is 0 Å². The Hall–Kier alpha value is -1.63. The molecule has 2 fully saturated rings. The fraction of sp³-hybridized carbons (Fsp3) is 0.857. The van der Waals surface area contributed by atoms with Crippen molar-refractivity contribution in [3.8, 4) is 0 Å². The molecule has 2 heterocycles. The summed E-state index contributed by atoms with van der Waals surface area (Å²) in [5, 5.41) is 15.5. The Balaban J connectivity index is 1.51. The van der Waals surface area contributed by atoms with E-state index in [0.29, 0.717) is 12.6 Å². The Bertz CT molecular complexity index is 618. The minimum atomic E-state index is 0.553. The molecule has 7 heteroatoms. The number of likely N-dealkylation sites (tertiary alicyclic amines) is 1. The topological polar surface area (TPSA) is 70.4 Å². The Morgan fingerprint density at radius 1 is 1.14 bits per heavy atom. The van der Waals surface area contributed by atoms with E-state index >= 15 is 0 Å². The van der Waals surface area contributed by atoms with Gasteiger partial charge in [0.2, 0.25) is 0 Å². The monoisotopic (exact) mass is 389 g/mol. The molecule has 1 saturated heterocycles. The van der Waals surface area contributed by atoms with Gasteiger partial charge >= 0.3 is 0 Å². The number of nitrogens with one attached hydrogen (secondary N) is 2. The summed E-state index contributed by atoms with van der Waals surface area (Å²) in [4.78, 5) is 7.37. The Kier molecular flexibility index (Phi) is 8.13. The Morgan fingerprint density at radius 3 is 2.68 bits per heavy atom. The number of nitrogens with zero attached hydrogens (tertiary/aromatic N) is 5. The van der Waals surface area contributed by atoms with Crippen LogP contribution in [0.25, 0.3) is 0 Å². The van der Waals surface area contributed by atoms with Crippen LogP contribution in [0.5, 0.6) is 0 Å². The first-order valence-corrected chi connectivity index (χ1v) is 11.3. The summed E-state index contributed by atoms with van der Waals surface area (Å²) in [6.07, 6.45) is 10.9. The highest BCUT2D eigenvalue weighted by atomic mass is 15.3. The lowest BCUT2D eigenvalue weighted by Gasteiger charge is -2.24. The van der Waals surface area contributed by atoms with Crippen molar-refractivity contribution in [1.82, 2.24) is 30.3 Å². The van der Waals surface area contributed by atoms with Crippen LogP contribution < -0.4 is 10.6 Å². The average molecular weight is 390 g/mol. The van der Waals surface area contributed by atoms with Crippen molar-refractivity contribution < 1.29 is 0 Å². The lowest BCUT2D eigenvalue weighted by molar-refractivity contribution is 0.267. The van der Waals surface area contributed by atoms with Gasteiger partial charge in [0.15, 0.2) is 11.8 Å². The van der Waals surface area contributed by atoms with Gasteiger partial charge in [-0.1, -0.05) is 32.6 Å². The first kappa shape index (κ1) is 21.1. The third kappa shape index (κ3) is 5.93. The smallest absolute Gasteiger partial charge is 0.191 e. The van der Waals surface area contributed by atoms with E-state index in [2.05, 4.69) is 32.7 Å². The lowest BCUT2D eigenvalue weighted by atomic mass is 10.0. The summed E-state index contributed by atoms with van der Waals surface area (Å²) in [6.45, 7) is 9.08. The fourth-order valence-corrected chi connectivity index (χ4v) is 4.57. The average Bonchev–Trinajstić information content (AvgIpc) is 3.44. The van der Waals surface area contributed by atoms with Crippen LogP contribution in [0.3, 0.4) is 0 Å². The lowest BCUT2D eigenvalue weighted by Crippen LogP contribution is -2.45. The number of aryl methyl sites for hydroxylation is 1. The molecule has 1 atom stereocenters. The molecule has 1 aromatic heterocycles. The molecule has 0 amide bonds. The van der Waals surface area contributed by atoms with E-state index in [4.69, 9.17) is 4.99 Å². The number of hydrogen-bond donors (Lipinski definition) is 2. The highest BCUT2D eigenvalue weighted by Crippen LogP contribution is 2.28. The highest BCUT2D eigenvalue weighted by molar-refractivity contribution is 5.79. The fourth-order valence-electron chi connectivity index (χ4n) is 4.57. The molecule has 0 spiro atoms. The molecular weight excluding hydrogens is 350 g/mol. The van der Waals surface area contributed by atoms with E-state index in [-0.39, 0.29) is 0 Å². The van der Waals surface area contributed by atoms with Gasteiger partial charge in [-0.25, -0.2) is 4.99 Å². The predicted octanol–water partition coefficient (Wildman–Crippen LogP) is 2.61. The first-order valence-electron chi connectivity index (χ1n) is 11.3. The molecule has 3 rings (SSSR count). The van der Waals surface area contributed by atoms with Gasteiger partial charge in [-0.05, 0) is 51.6 Å². The highest BCUT2D eigenvalue weighted by Gasteiger charge is 2.23. The number of likely N-dealkylation sites (N-methyl/N-ethyl adjacent to an activating group) is 1. The van der Waals surface area contributed by atoms with Crippen molar-refractivity contribution in [2.45, 2.75) is 77.8 Å². The molecule has 1 unspecified atom stereocenters. The van der Waals surface area contributed by atoms with Crippen molar-refractivity contribution in [2.75, 3.05) is 26.2 Å². The molecule has 1 aromatic rings.